The predicted molar refractivity (Wildman–Crippen MR) is 102 cm³/mol. The topological polar surface area (TPSA) is 92.4 Å². The molecule has 1 heterocycles. The van der Waals surface area contributed by atoms with Crippen LogP contribution >= 0.6 is 12.2 Å². The number of carbonyl (C=O) groups excluding carboxylic acids is 2. The summed E-state index contributed by atoms with van der Waals surface area (Å²) in [6, 6.07) is 9.94. The summed E-state index contributed by atoms with van der Waals surface area (Å²) in [6.45, 7) is 2.68. The summed E-state index contributed by atoms with van der Waals surface area (Å²) in [4.78, 5) is 28.0. The molecule has 0 spiro atoms. The van der Waals surface area contributed by atoms with E-state index in [-0.39, 0.29) is 5.11 Å². The summed E-state index contributed by atoms with van der Waals surface area (Å²) in [5.74, 6) is -0.173. The standard InChI is InChI=1S/C18H20N4O3S/c1-2-3-11-25-15-6-4-5-14(12-15)16(23)20-18(26)22-21-17(24)13-7-9-19-10-8-13/h4-10,12H,2-3,11H2,1H3,(H,21,24)(H2,20,22,23,26). The molecule has 2 aromatic rings. The number of amides is 2. The van der Waals surface area contributed by atoms with E-state index in [1.165, 1.54) is 12.4 Å². The second-order valence-corrected chi connectivity index (χ2v) is 5.74. The van der Waals surface area contributed by atoms with Gasteiger partial charge in [0, 0.05) is 23.5 Å². The summed E-state index contributed by atoms with van der Waals surface area (Å²) in [5, 5.41) is 2.48. The molecule has 3 N–H and O–H groups in total. The molecule has 1 aromatic heterocycles. The predicted octanol–water partition coefficient (Wildman–Crippen LogP) is 2.21. The van der Waals surface area contributed by atoms with Crippen LogP contribution in [-0.4, -0.2) is 28.5 Å². The molecule has 0 unspecified atom stereocenters. The number of rotatable bonds is 6. The molecule has 26 heavy (non-hydrogen) atoms. The van der Waals surface area contributed by atoms with Gasteiger partial charge in [0.1, 0.15) is 5.75 Å². The Bertz CT molecular complexity index is 768. The number of thiocarbonyl (C=S) groups is 1. The van der Waals surface area contributed by atoms with Crippen molar-refractivity contribution in [2.75, 3.05) is 6.61 Å². The van der Waals surface area contributed by atoms with Gasteiger partial charge in [0.2, 0.25) is 0 Å². The van der Waals surface area contributed by atoms with Crippen LogP contribution in [0.15, 0.2) is 48.8 Å². The Morgan fingerprint density at radius 2 is 1.85 bits per heavy atom. The first-order valence-corrected chi connectivity index (χ1v) is 8.55. The van der Waals surface area contributed by atoms with Gasteiger partial charge in [-0.1, -0.05) is 19.4 Å². The van der Waals surface area contributed by atoms with E-state index < -0.39 is 11.8 Å². The van der Waals surface area contributed by atoms with Crippen molar-refractivity contribution in [3.05, 3.63) is 59.9 Å². The molecule has 0 radical (unpaired) electrons. The minimum absolute atomic E-state index is 0.0188. The smallest absolute Gasteiger partial charge is 0.269 e. The van der Waals surface area contributed by atoms with Gasteiger partial charge in [-0.25, -0.2) is 0 Å². The van der Waals surface area contributed by atoms with Gasteiger partial charge in [-0.05, 0) is 49.0 Å². The Morgan fingerprint density at radius 3 is 2.58 bits per heavy atom. The number of hydrogen-bond donors (Lipinski definition) is 3. The first kappa shape index (κ1) is 19.3. The number of pyridine rings is 1. The number of nitrogens with one attached hydrogen (secondary N) is 3. The SMILES string of the molecule is CCCCOc1cccc(C(=O)NC(=S)NNC(=O)c2ccncc2)c1. The fraction of sp³-hybridized carbons (Fsp3) is 0.222. The third kappa shape index (κ3) is 6.14. The molecule has 0 saturated heterocycles. The van der Waals surface area contributed by atoms with Gasteiger partial charge in [-0.2, -0.15) is 0 Å². The van der Waals surface area contributed by atoms with Gasteiger partial charge < -0.3 is 4.74 Å². The van der Waals surface area contributed by atoms with Crippen molar-refractivity contribution in [1.82, 2.24) is 21.2 Å². The molecular weight excluding hydrogens is 352 g/mol. The zero-order chi connectivity index (χ0) is 18.8. The summed E-state index contributed by atoms with van der Waals surface area (Å²) in [7, 11) is 0. The number of benzene rings is 1. The Balaban J connectivity index is 1.84. The van der Waals surface area contributed by atoms with E-state index in [9.17, 15) is 9.59 Å². The van der Waals surface area contributed by atoms with Gasteiger partial charge >= 0.3 is 0 Å². The van der Waals surface area contributed by atoms with Crippen LogP contribution in [0.1, 0.15) is 40.5 Å². The highest BCUT2D eigenvalue weighted by atomic mass is 32.1. The minimum atomic E-state index is -0.401. The van der Waals surface area contributed by atoms with Crippen molar-refractivity contribution in [3.8, 4) is 5.75 Å². The van der Waals surface area contributed by atoms with Gasteiger partial charge in [0.05, 0.1) is 6.61 Å². The van der Waals surface area contributed by atoms with E-state index in [1.807, 2.05) is 0 Å². The summed E-state index contributed by atoms with van der Waals surface area (Å²) in [6.07, 6.45) is 4.99. The molecule has 0 aliphatic rings. The molecule has 8 heteroatoms. The highest BCUT2D eigenvalue weighted by Crippen LogP contribution is 2.13. The van der Waals surface area contributed by atoms with Crippen molar-refractivity contribution in [2.45, 2.75) is 19.8 Å². The molecule has 0 atom stereocenters. The van der Waals surface area contributed by atoms with Crippen LogP contribution in [0.2, 0.25) is 0 Å². The Kier molecular flexibility index (Phi) is 7.50. The Morgan fingerprint density at radius 1 is 1.08 bits per heavy atom. The maximum absolute atomic E-state index is 12.2. The van der Waals surface area contributed by atoms with E-state index in [0.29, 0.717) is 23.5 Å². The normalized spacial score (nSPS) is 9.88. The zero-order valence-corrected chi connectivity index (χ0v) is 15.1. The average Bonchev–Trinajstić information content (AvgIpc) is 2.67. The monoisotopic (exact) mass is 372 g/mol. The van der Waals surface area contributed by atoms with Gasteiger partial charge in [0.15, 0.2) is 5.11 Å². The minimum Gasteiger partial charge on any atom is -0.494 e. The highest BCUT2D eigenvalue weighted by Gasteiger charge is 2.10. The molecule has 2 amide bonds. The lowest BCUT2D eigenvalue weighted by molar-refractivity contribution is 0.0934. The fourth-order valence-corrected chi connectivity index (χ4v) is 2.10. The Labute approximate surface area is 157 Å². The number of unbranched alkanes of at least 4 members (excludes halogenated alkanes) is 1. The van der Waals surface area contributed by atoms with Crippen molar-refractivity contribution in [2.24, 2.45) is 0 Å². The maximum Gasteiger partial charge on any atom is 0.269 e. The third-order valence-electron chi connectivity index (χ3n) is 3.32. The van der Waals surface area contributed by atoms with Crippen LogP contribution in [-0.2, 0) is 0 Å². The summed E-state index contributed by atoms with van der Waals surface area (Å²) < 4.78 is 5.58. The highest BCUT2D eigenvalue weighted by molar-refractivity contribution is 7.80. The van der Waals surface area contributed by atoms with Crippen molar-refractivity contribution >= 4 is 29.1 Å². The lowest BCUT2D eigenvalue weighted by Crippen LogP contribution is -2.48. The lowest BCUT2D eigenvalue weighted by atomic mass is 10.2. The first-order chi connectivity index (χ1) is 12.6. The van der Waals surface area contributed by atoms with E-state index in [1.54, 1.807) is 36.4 Å². The largest absolute Gasteiger partial charge is 0.494 e. The molecule has 2 rings (SSSR count). The van der Waals surface area contributed by atoms with Gasteiger partial charge in [-0.15, -0.1) is 0 Å². The molecule has 136 valence electrons. The van der Waals surface area contributed by atoms with E-state index in [4.69, 9.17) is 17.0 Å². The second kappa shape index (κ2) is 10.1. The molecule has 0 fully saturated rings. The fourth-order valence-electron chi connectivity index (χ4n) is 1.96. The number of hydrazine groups is 1. The van der Waals surface area contributed by atoms with Crippen LogP contribution < -0.4 is 20.9 Å². The van der Waals surface area contributed by atoms with Crippen molar-refractivity contribution in [3.63, 3.8) is 0 Å². The van der Waals surface area contributed by atoms with Crippen LogP contribution in [0.3, 0.4) is 0 Å². The van der Waals surface area contributed by atoms with Crippen LogP contribution in [0.25, 0.3) is 0 Å². The molecule has 0 saturated carbocycles. The molecule has 1 aromatic carbocycles. The molecule has 0 aliphatic carbocycles. The summed E-state index contributed by atoms with van der Waals surface area (Å²) >= 11 is 5.02. The number of carbonyl (C=O) groups is 2. The van der Waals surface area contributed by atoms with Gasteiger partial charge in [-0.3, -0.25) is 30.7 Å². The number of nitrogens with zero attached hydrogens (tertiary/aromatic N) is 1. The maximum atomic E-state index is 12.2. The van der Waals surface area contributed by atoms with Crippen LogP contribution in [0, 0.1) is 0 Å². The Hall–Kier alpha value is -3.00. The van der Waals surface area contributed by atoms with Crippen LogP contribution in [0.4, 0.5) is 0 Å². The number of ether oxygens (including phenoxy) is 1. The second-order valence-electron chi connectivity index (χ2n) is 5.33. The third-order valence-corrected chi connectivity index (χ3v) is 3.53. The van der Waals surface area contributed by atoms with E-state index in [2.05, 4.69) is 28.1 Å². The molecule has 0 bridgehead atoms. The summed E-state index contributed by atoms with van der Waals surface area (Å²) in [5.41, 5.74) is 5.71. The zero-order valence-electron chi connectivity index (χ0n) is 14.3. The quantitative estimate of drug-likeness (QED) is 0.409. The van der Waals surface area contributed by atoms with Crippen LogP contribution in [0.5, 0.6) is 5.75 Å². The number of hydrogen-bond acceptors (Lipinski definition) is 5. The molecule has 0 aliphatic heterocycles. The number of aromatic nitrogens is 1. The lowest BCUT2D eigenvalue weighted by Gasteiger charge is -2.11. The van der Waals surface area contributed by atoms with E-state index in [0.717, 1.165) is 12.8 Å². The van der Waals surface area contributed by atoms with E-state index >= 15 is 0 Å². The van der Waals surface area contributed by atoms with Crippen molar-refractivity contribution < 1.29 is 14.3 Å². The molecular formula is C18H20N4O3S. The van der Waals surface area contributed by atoms with Gasteiger partial charge in [0.25, 0.3) is 11.8 Å². The van der Waals surface area contributed by atoms with Crippen molar-refractivity contribution in [1.29, 1.82) is 0 Å². The first-order valence-electron chi connectivity index (χ1n) is 8.14. The average molecular weight is 372 g/mol. The molecule has 7 nitrogen and oxygen atoms in total.